The van der Waals surface area contributed by atoms with Crippen molar-refractivity contribution in [3.8, 4) is 11.1 Å². The number of anilines is 1. The first kappa shape index (κ1) is 33.5. The maximum atomic E-state index is 15.8. The highest BCUT2D eigenvalue weighted by Crippen LogP contribution is 2.32. The van der Waals surface area contributed by atoms with Gasteiger partial charge in [-0.3, -0.25) is 14.1 Å². The summed E-state index contributed by atoms with van der Waals surface area (Å²) in [4.78, 5) is 34.1. The lowest BCUT2D eigenvalue weighted by molar-refractivity contribution is 0.0497. The molecule has 240 valence electrons. The molecule has 1 aliphatic rings. The summed E-state index contributed by atoms with van der Waals surface area (Å²) in [7, 11) is -4.35. The molecule has 0 bridgehead atoms. The van der Waals surface area contributed by atoms with Gasteiger partial charge >= 0.3 is 16.3 Å². The number of pyridine rings is 1. The quantitative estimate of drug-likeness (QED) is 0.179. The fourth-order valence-corrected chi connectivity index (χ4v) is 6.02. The smallest absolute Gasteiger partial charge is 0.407 e. The molecule has 2 aromatic heterocycles. The van der Waals surface area contributed by atoms with Crippen molar-refractivity contribution < 1.29 is 35.9 Å². The molecule has 0 radical (unpaired) electrons. The summed E-state index contributed by atoms with van der Waals surface area (Å²) >= 11 is 1.23. The van der Waals surface area contributed by atoms with Gasteiger partial charge in [0.1, 0.15) is 23.2 Å². The van der Waals surface area contributed by atoms with E-state index in [1.165, 1.54) is 28.6 Å². The molecule has 2 N–H and O–H groups in total. The zero-order valence-corrected chi connectivity index (χ0v) is 26.2. The number of carbonyl (C=O) groups excluding carboxylic acids is 1. The molecule has 0 spiro atoms. The fourth-order valence-electron chi connectivity index (χ4n) is 4.41. The average molecular weight is 659 g/mol. The van der Waals surface area contributed by atoms with E-state index in [9.17, 15) is 22.4 Å². The minimum absolute atomic E-state index is 0.00101. The van der Waals surface area contributed by atoms with Crippen LogP contribution in [0.4, 0.5) is 23.7 Å². The number of halogens is 3. The number of rotatable bonds is 11. The minimum atomic E-state index is -4.35. The van der Waals surface area contributed by atoms with Crippen LogP contribution in [0.25, 0.3) is 22.2 Å². The van der Waals surface area contributed by atoms with Crippen LogP contribution >= 0.6 is 11.8 Å². The second-order valence-electron chi connectivity index (χ2n) is 10.8. The van der Waals surface area contributed by atoms with E-state index in [1.807, 2.05) is 4.72 Å². The van der Waals surface area contributed by atoms with Gasteiger partial charge in [0.2, 0.25) is 0 Å². The van der Waals surface area contributed by atoms with Gasteiger partial charge in [-0.15, -0.1) is 0 Å². The number of nitrogens with one attached hydrogen (secondary N) is 2. The Morgan fingerprint density at radius 1 is 1.23 bits per heavy atom. The van der Waals surface area contributed by atoms with Gasteiger partial charge in [0.05, 0.1) is 36.6 Å². The number of nitrogens with zero attached hydrogens (tertiary/aromatic N) is 4. The molecular formula is C27H33F3N6O6S2. The van der Waals surface area contributed by atoms with Gasteiger partial charge in [-0.25, -0.2) is 27.9 Å². The maximum Gasteiger partial charge on any atom is 0.407 e. The van der Waals surface area contributed by atoms with Crippen LogP contribution < -0.4 is 15.6 Å². The van der Waals surface area contributed by atoms with Crippen molar-refractivity contribution in [2.24, 2.45) is 0 Å². The molecule has 3 aromatic rings. The van der Waals surface area contributed by atoms with E-state index in [4.69, 9.17) is 9.47 Å². The normalized spacial score (nSPS) is 15.9. The number of carbonyl (C=O) groups is 1. The van der Waals surface area contributed by atoms with E-state index in [0.29, 0.717) is 10.5 Å². The van der Waals surface area contributed by atoms with Crippen molar-refractivity contribution in [2.75, 3.05) is 43.8 Å². The number of fused-ring (bicyclic) bond motifs is 1. The molecule has 44 heavy (non-hydrogen) atoms. The van der Waals surface area contributed by atoms with Crippen LogP contribution in [0, 0.1) is 11.6 Å². The van der Waals surface area contributed by atoms with E-state index < -0.39 is 68.6 Å². The predicted octanol–water partition coefficient (Wildman–Crippen LogP) is 3.70. The summed E-state index contributed by atoms with van der Waals surface area (Å²) in [5.74, 6) is -2.43. The van der Waals surface area contributed by atoms with E-state index in [-0.39, 0.29) is 44.9 Å². The highest BCUT2D eigenvalue weighted by molar-refractivity contribution is 7.98. The molecule has 1 saturated heterocycles. The average Bonchev–Trinajstić information content (AvgIpc) is 3.39. The van der Waals surface area contributed by atoms with E-state index in [1.54, 1.807) is 27.0 Å². The lowest BCUT2D eigenvalue weighted by Crippen LogP contribution is -2.34. The van der Waals surface area contributed by atoms with Crippen LogP contribution in [0.1, 0.15) is 27.2 Å². The van der Waals surface area contributed by atoms with Gasteiger partial charge < -0.3 is 14.8 Å². The molecule has 4 rings (SSSR count). The summed E-state index contributed by atoms with van der Waals surface area (Å²) in [6.45, 7) is 4.82. The van der Waals surface area contributed by atoms with Crippen LogP contribution in [0.15, 0.2) is 34.3 Å². The third kappa shape index (κ3) is 7.99. The summed E-state index contributed by atoms with van der Waals surface area (Å²) < 4.78 is 84.8. The Labute approximate surface area is 256 Å². The Morgan fingerprint density at radius 3 is 2.64 bits per heavy atom. The summed E-state index contributed by atoms with van der Waals surface area (Å²) in [5.41, 5.74) is -3.04. The van der Waals surface area contributed by atoms with Gasteiger partial charge in [-0.05, 0) is 51.6 Å². The maximum absolute atomic E-state index is 15.8. The molecule has 1 atom stereocenters. The first-order valence-corrected chi connectivity index (χ1v) is 16.3. The summed E-state index contributed by atoms with van der Waals surface area (Å²) in [6.07, 6.45) is 1.18. The number of ether oxygens (including phenoxy) is 2. The van der Waals surface area contributed by atoms with E-state index >= 15 is 8.78 Å². The Balaban J connectivity index is 1.62. The highest BCUT2D eigenvalue weighted by atomic mass is 32.2. The zero-order chi connectivity index (χ0) is 32.2. The first-order chi connectivity index (χ1) is 20.7. The van der Waals surface area contributed by atoms with Crippen LogP contribution in [0.3, 0.4) is 0 Å². The predicted molar refractivity (Wildman–Crippen MR) is 160 cm³/mol. The standard InChI is InChI=1S/C27H33F3N6O6S2/c1-27(2,3)42-26(38)31-8-11-41-12-10-36-23-16(14-32-25(33-23)43-4)13-18(24(36)37)21-19(29)5-6-20(22(21)30)34-44(39,40)35-9-7-17(28)15-35/h5-6,13-14,17,34H,7-12,15H2,1-4H3,(H,31,38)/t17-/m1/s1. The second-order valence-corrected chi connectivity index (χ2v) is 13.3. The fraction of sp³-hybridized carbons (Fsp3) is 0.481. The van der Waals surface area contributed by atoms with E-state index in [2.05, 4.69) is 15.3 Å². The Morgan fingerprint density at radius 2 is 1.98 bits per heavy atom. The molecule has 1 fully saturated rings. The number of amides is 1. The molecule has 12 nitrogen and oxygen atoms in total. The summed E-state index contributed by atoms with van der Waals surface area (Å²) in [5, 5.41) is 3.19. The lowest BCUT2D eigenvalue weighted by Gasteiger charge is -2.19. The van der Waals surface area contributed by atoms with Crippen LogP contribution in [0.5, 0.6) is 0 Å². The number of hydrogen-bond donors (Lipinski definition) is 2. The number of hydrogen-bond acceptors (Lipinski definition) is 9. The Hall–Kier alpha value is -3.41. The number of benzene rings is 1. The number of alkyl halides is 1. The Bertz CT molecular complexity index is 1700. The van der Waals surface area contributed by atoms with Crippen molar-refractivity contribution >= 4 is 44.8 Å². The molecule has 1 aromatic carbocycles. The van der Waals surface area contributed by atoms with Crippen LogP contribution in [-0.2, 0) is 26.2 Å². The van der Waals surface area contributed by atoms with Crippen LogP contribution in [0.2, 0.25) is 0 Å². The van der Waals surface area contributed by atoms with Gasteiger partial charge in [-0.1, -0.05) is 11.8 Å². The molecule has 1 amide bonds. The van der Waals surface area contributed by atoms with Gasteiger partial charge in [0.25, 0.3) is 5.56 Å². The molecule has 1 aliphatic heterocycles. The second kappa shape index (κ2) is 13.7. The van der Waals surface area contributed by atoms with Crippen molar-refractivity contribution in [1.29, 1.82) is 0 Å². The topological polar surface area (TPSA) is 145 Å². The lowest BCUT2D eigenvalue weighted by atomic mass is 10.0. The highest BCUT2D eigenvalue weighted by Gasteiger charge is 2.32. The molecule has 0 aliphatic carbocycles. The molecule has 17 heteroatoms. The molecule has 0 unspecified atom stereocenters. The first-order valence-electron chi connectivity index (χ1n) is 13.6. The van der Waals surface area contributed by atoms with Crippen molar-refractivity contribution in [3.63, 3.8) is 0 Å². The van der Waals surface area contributed by atoms with Crippen molar-refractivity contribution in [3.05, 3.63) is 46.4 Å². The number of thioether (sulfide) groups is 1. The molecule has 0 saturated carbocycles. The summed E-state index contributed by atoms with van der Waals surface area (Å²) in [6, 6.07) is 2.96. The third-order valence-electron chi connectivity index (χ3n) is 6.39. The monoisotopic (exact) mass is 658 g/mol. The minimum Gasteiger partial charge on any atom is -0.444 e. The third-order valence-corrected chi connectivity index (χ3v) is 8.45. The van der Waals surface area contributed by atoms with Crippen LogP contribution in [-0.4, -0.2) is 84.2 Å². The van der Waals surface area contributed by atoms with Gasteiger partial charge in [0.15, 0.2) is 11.0 Å². The molecule has 3 heterocycles. The number of aromatic nitrogens is 3. The SMILES string of the molecule is CSc1ncc2cc(-c3c(F)ccc(NS(=O)(=O)N4CC[C@@H](F)C4)c3F)c(=O)n(CCOCCNC(=O)OC(C)(C)C)c2n1. The van der Waals surface area contributed by atoms with Gasteiger partial charge in [0, 0.05) is 31.2 Å². The van der Waals surface area contributed by atoms with E-state index in [0.717, 1.165) is 16.4 Å². The zero-order valence-electron chi connectivity index (χ0n) is 24.5. The van der Waals surface area contributed by atoms with Crippen molar-refractivity contribution in [1.82, 2.24) is 24.2 Å². The Kier molecular flexibility index (Phi) is 10.4. The molecular weight excluding hydrogens is 625 g/mol. The largest absolute Gasteiger partial charge is 0.444 e. The van der Waals surface area contributed by atoms with Gasteiger partial charge in [-0.2, -0.15) is 12.7 Å². The number of alkyl carbamates (subject to hydrolysis) is 1. The van der Waals surface area contributed by atoms with Crippen molar-refractivity contribution in [2.45, 2.75) is 50.7 Å².